The van der Waals surface area contributed by atoms with Crippen LogP contribution >= 0.6 is 11.8 Å². The molecule has 2 N–H and O–H groups in total. The monoisotopic (exact) mass is 213 g/mol. The minimum absolute atomic E-state index is 0.0674. The number of thioether (sulfide) groups is 1. The number of hydrogen-bond donors (Lipinski definition) is 1. The van der Waals surface area contributed by atoms with Crippen LogP contribution in [0.5, 0.6) is 0 Å². The quantitative estimate of drug-likeness (QED) is 0.617. The van der Waals surface area contributed by atoms with E-state index in [9.17, 15) is 9.18 Å². The van der Waals surface area contributed by atoms with Crippen LogP contribution < -0.4 is 5.73 Å². The summed E-state index contributed by atoms with van der Waals surface area (Å²) >= 11 is 1.43. The van der Waals surface area contributed by atoms with Crippen LogP contribution in [-0.4, -0.2) is 18.1 Å². The fourth-order valence-electron chi connectivity index (χ4n) is 1.07. The van der Waals surface area contributed by atoms with Crippen LogP contribution in [0, 0.1) is 5.82 Å². The van der Waals surface area contributed by atoms with Crippen molar-refractivity contribution in [2.24, 2.45) is 5.73 Å². The summed E-state index contributed by atoms with van der Waals surface area (Å²) in [5, 5.41) is 0. The molecule has 0 heterocycles. The highest BCUT2D eigenvalue weighted by atomic mass is 32.2. The van der Waals surface area contributed by atoms with E-state index in [-0.39, 0.29) is 11.3 Å². The molecule has 0 aromatic heterocycles. The lowest BCUT2D eigenvalue weighted by molar-refractivity contribution is 0.0964. The van der Waals surface area contributed by atoms with Crippen molar-refractivity contribution in [3.05, 3.63) is 29.6 Å². The van der Waals surface area contributed by atoms with Gasteiger partial charge < -0.3 is 5.73 Å². The number of nitrogens with two attached hydrogens (primary N) is 1. The molecule has 0 fully saturated rings. The maximum atomic E-state index is 13.4. The summed E-state index contributed by atoms with van der Waals surface area (Å²) in [6, 6.07) is 3.88. The molecule has 1 atom stereocenters. The SMILES string of the molecule is CSc1ccc(C(=O)C(C)N)c(F)c1. The second-order valence-corrected chi connectivity index (χ2v) is 3.88. The minimum atomic E-state index is -0.662. The number of halogens is 1. The van der Waals surface area contributed by atoms with Crippen LogP contribution in [0.15, 0.2) is 23.1 Å². The van der Waals surface area contributed by atoms with Crippen LogP contribution in [0.2, 0.25) is 0 Å². The predicted molar refractivity (Wildman–Crippen MR) is 56.2 cm³/mol. The van der Waals surface area contributed by atoms with E-state index in [0.717, 1.165) is 4.90 Å². The third kappa shape index (κ3) is 2.33. The molecule has 1 aromatic carbocycles. The van der Waals surface area contributed by atoms with Crippen LogP contribution in [0.25, 0.3) is 0 Å². The van der Waals surface area contributed by atoms with Crippen LogP contribution in [0.4, 0.5) is 4.39 Å². The van der Waals surface area contributed by atoms with Crippen molar-refractivity contribution >= 4 is 17.5 Å². The topological polar surface area (TPSA) is 43.1 Å². The molecule has 0 spiro atoms. The number of Topliss-reactive ketones (excluding diaryl/α,β-unsaturated/α-hetero) is 1. The summed E-state index contributed by atoms with van der Waals surface area (Å²) in [5.41, 5.74) is 5.45. The molecule has 0 radical (unpaired) electrons. The Bertz CT molecular complexity index is 352. The molecule has 0 saturated heterocycles. The van der Waals surface area contributed by atoms with Crippen molar-refractivity contribution in [1.82, 2.24) is 0 Å². The van der Waals surface area contributed by atoms with Gasteiger partial charge in [-0.3, -0.25) is 4.79 Å². The lowest BCUT2D eigenvalue weighted by Crippen LogP contribution is -2.27. The van der Waals surface area contributed by atoms with E-state index in [1.54, 1.807) is 13.0 Å². The molecule has 1 unspecified atom stereocenters. The van der Waals surface area contributed by atoms with E-state index in [4.69, 9.17) is 5.73 Å². The van der Waals surface area contributed by atoms with Gasteiger partial charge in [0, 0.05) is 4.90 Å². The fraction of sp³-hybridized carbons (Fsp3) is 0.300. The maximum absolute atomic E-state index is 13.4. The van der Waals surface area contributed by atoms with Crippen LogP contribution in [0.3, 0.4) is 0 Å². The van der Waals surface area contributed by atoms with Crippen LogP contribution in [0.1, 0.15) is 17.3 Å². The van der Waals surface area contributed by atoms with Gasteiger partial charge in [-0.25, -0.2) is 4.39 Å². The molecule has 0 aliphatic rings. The van der Waals surface area contributed by atoms with Gasteiger partial charge in [0.25, 0.3) is 0 Å². The number of carbonyl (C=O) groups is 1. The average Bonchev–Trinajstić information content (AvgIpc) is 2.16. The van der Waals surface area contributed by atoms with E-state index in [0.29, 0.717) is 0 Å². The van der Waals surface area contributed by atoms with Crippen molar-refractivity contribution < 1.29 is 9.18 Å². The van der Waals surface area contributed by atoms with E-state index >= 15 is 0 Å². The van der Waals surface area contributed by atoms with Gasteiger partial charge in [0.15, 0.2) is 5.78 Å². The number of rotatable bonds is 3. The Morgan fingerprint density at radius 2 is 2.21 bits per heavy atom. The molecule has 14 heavy (non-hydrogen) atoms. The number of carbonyl (C=O) groups excluding carboxylic acids is 1. The highest BCUT2D eigenvalue weighted by Gasteiger charge is 2.15. The number of ketones is 1. The Balaban J connectivity index is 3.06. The van der Waals surface area contributed by atoms with E-state index in [1.807, 2.05) is 6.26 Å². The zero-order chi connectivity index (χ0) is 10.7. The molecule has 1 rings (SSSR count). The van der Waals surface area contributed by atoms with Gasteiger partial charge in [-0.15, -0.1) is 11.8 Å². The van der Waals surface area contributed by atoms with Gasteiger partial charge in [0.1, 0.15) is 5.82 Å². The van der Waals surface area contributed by atoms with Crippen LogP contribution in [-0.2, 0) is 0 Å². The maximum Gasteiger partial charge on any atom is 0.182 e. The minimum Gasteiger partial charge on any atom is -0.321 e. The van der Waals surface area contributed by atoms with E-state index < -0.39 is 11.9 Å². The Morgan fingerprint density at radius 1 is 1.57 bits per heavy atom. The average molecular weight is 213 g/mol. The highest BCUT2D eigenvalue weighted by molar-refractivity contribution is 7.98. The summed E-state index contributed by atoms with van der Waals surface area (Å²) in [5.74, 6) is -0.866. The summed E-state index contributed by atoms with van der Waals surface area (Å²) in [4.78, 5) is 12.2. The van der Waals surface area contributed by atoms with Gasteiger partial charge in [0.05, 0.1) is 11.6 Å². The predicted octanol–water partition coefficient (Wildman–Crippen LogP) is 2.08. The normalized spacial score (nSPS) is 12.6. The molecule has 1 aromatic rings. The standard InChI is InChI=1S/C10H12FNOS/c1-6(12)10(13)8-4-3-7(14-2)5-9(8)11/h3-6H,12H2,1-2H3. The first-order valence-corrected chi connectivity index (χ1v) is 5.42. The lowest BCUT2D eigenvalue weighted by Gasteiger charge is -2.06. The van der Waals surface area contributed by atoms with Crippen molar-refractivity contribution in [3.63, 3.8) is 0 Å². The van der Waals surface area contributed by atoms with Gasteiger partial charge >= 0.3 is 0 Å². The summed E-state index contributed by atoms with van der Waals surface area (Å²) in [6.07, 6.45) is 1.85. The first-order chi connectivity index (χ1) is 6.56. The first-order valence-electron chi connectivity index (χ1n) is 4.19. The largest absolute Gasteiger partial charge is 0.321 e. The second-order valence-electron chi connectivity index (χ2n) is 3.00. The molecule has 4 heteroatoms. The number of benzene rings is 1. The zero-order valence-electron chi connectivity index (χ0n) is 8.08. The summed E-state index contributed by atoms with van der Waals surface area (Å²) < 4.78 is 13.4. The molecular weight excluding hydrogens is 201 g/mol. The van der Waals surface area contributed by atoms with Gasteiger partial charge in [-0.1, -0.05) is 0 Å². The van der Waals surface area contributed by atoms with E-state index in [2.05, 4.69) is 0 Å². The van der Waals surface area contributed by atoms with Gasteiger partial charge in [-0.05, 0) is 31.4 Å². The van der Waals surface area contributed by atoms with Crippen molar-refractivity contribution in [2.45, 2.75) is 17.9 Å². The Morgan fingerprint density at radius 3 is 2.64 bits per heavy atom. The highest BCUT2D eigenvalue weighted by Crippen LogP contribution is 2.19. The molecule has 0 aliphatic heterocycles. The summed E-state index contributed by atoms with van der Waals surface area (Å²) in [7, 11) is 0. The molecule has 76 valence electrons. The first kappa shape index (κ1) is 11.2. The zero-order valence-corrected chi connectivity index (χ0v) is 8.90. The Labute approximate surface area is 86.7 Å². The number of hydrogen-bond acceptors (Lipinski definition) is 3. The Kier molecular flexibility index (Phi) is 3.66. The lowest BCUT2D eigenvalue weighted by atomic mass is 10.1. The molecule has 2 nitrogen and oxygen atoms in total. The van der Waals surface area contributed by atoms with Crippen molar-refractivity contribution in [1.29, 1.82) is 0 Å². The molecular formula is C10H12FNOS. The molecule has 0 saturated carbocycles. The van der Waals surface area contributed by atoms with Crippen molar-refractivity contribution in [2.75, 3.05) is 6.26 Å². The van der Waals surface area contributed by atoms with Gasteiger partial charge in [0.2, 0.25) is 0 Å². The third-order valence-electron chi connectivity index (χ3n) is 1.86. The Hall–Kier alpha value is -0.870. The fourth-order valence-corrected chi connectivity index (χ4v) is 1.49. The smallest absolute Gasteiger partial charge is 0.182 e. The van der Waals surface area contributed by atoms with Crippen molar-refractivity contribution in [3.8, 4) is 0 Å². The molecule has 0 aliphatic carbocycles. The third-order valence-corrected chi connectivity index (χ3v) is 2.58. The molecule has 0 amide bonds. The molecule has 0 bridgehead atoms. The van der Waals surface area contributed by atoms with E-state index in [1.165, 1.54) is 23.9 Å². The second kappa shape index (κ2) is 4.57. The van der Waals surface area contributed by atoms with Gasteiger partial charge in [-0.2, -0.15) is 0 Å². The summed E-state index contributed by atoms with van der Waals surface area (Å²) in [6.45, 7) is 1.55.